The molecule has 3 rings (SSSR count). The lowest BCUT2D eigenvalue weighted by molar-refractivity contribution is -0.140. The lowest BCUT2D eigenvalue weighted by Gasteiger charge is -2.33. The van der Waals surface area contributed by atoms with E-state index in [1.165, 1.54) is 4.90 Å². The number of halogens is 1. The van der Waals surface area contributed by atoms with Crippen LogP contribution < -0.4 is 9.62 Å². The number of amides is 2. The van der Waals surface area contributed by atoms with E-state index in [-0.39, 0.29) is 18.9 Å². The van der Waals surface area contributed by atoms with Crippen molar-refractivity contribution in [2.24, 2.45) is 0 Å². The van der Waals surface area contributed by atoms with Crippen molar-refractivity contribution in [2.75, 3.05) is 23.7 Å². The van der Waals surface area contributed by atoms with Crippen molar-refractivity contribution >= 4 is 39.1 Å². The molecule has 2 amide bonds. The van der Waals surface area contributed by atoms with Crippen LogP contribution in [-0.2, 0) is 32.6 Å². The number of carbonyl (C=O) groups excluding carboxylic acids is 2. The molecule has 0 bridgehead atoms. The quantitative estimate of drug-likeness (QED) is 0.294. The van der Waals surface area contributed by atoms with Crippen molar-refractivity contribution < 1.29 is 18.0 Å². The van der Waals surface area contributed by atoms with Gasteiger partial charge in [-0.3, -0.25) is 13.9 Å². The fourth-order valence-corrected chi connectivity index (χ4v) is 5.28. The summed E-state index contributed by atoms with van der Waals surface area (Å²) < 4.78 is 26.7. The van der Waals surface area contributed by atoms with Crippen LogP contribution in [0.1, 0.15) is 36.5 Å². The van der Waals surface area contributed by atoms with Gasteiger partial charge in [-0.1, -0.05) is 85.1 Å². The molecule has 0 saturated heterocycles. The third kappa shape index (κ3) is 9.11. The van der Waals surface area contributed by atoms with E-state index in [2.05, 4.69) is 5.32 Å². The largest absolute Gasteiger partial charge is 0.354 e. The SMILES string of the molecule is CCCCNC(=O)[C@@H](Cc1ccccc1)N(Cc1cccc(Cl)c1)C(=O)CN(c1ccc(C)cc1)S(C)(=O)=O. The molecule has 9 heteroatoms. The highest BCUT2D eigenvalue weighted by Crippen LogP contribution is 2.21. The average molecular weight is 570 g/mol. The summed E-state index contributed by atoms with van der Waals surface area (Å²) in [6, 6.07) is 22.6. The van der Waals surface area contributed by atoms with Gasteiger partial charge in [0.15, 0.2) is 0 Å². The molecule has 0 aromatic heterocycles. The third-order valence-corrected chi connectivity index (χ3v) is 7.72. The molecule has 0 aliphatic carbocycles. The second kappa shape index (κ2) is 14.1. The van der Waals surface area contributed by atoms with Gasteiger partial charge in [0.05, 0.1) is 11.9 Å². The van der Waals surface area contributed by atoms with E-state index in [4.69, 9.17) is 11.6 Å². The first-order chi connectivity index (χ1) is 18.6. The molecule has 7 nitrogen and oxygen atoms in total. The number of nitrogens with one attached hydrogen (secondary N) is 1. The summed E-state index contributed by atoms with van der Waals surface area (Å²) in [6.07, 6.45) is 3.06. The van der Waals surface area contributed by atoms with Crippen molar-refractivity contribution in [2.45, 2.75) is 45.7 Å². The Balaban J connectivity index is 2.02. The van der Waals surface area contributed by atoms with E-state index in [0.29, 0.717) is 17.3 Å². The highest BCUT2D eigenvalue weighted by atomic mass is 35.5. The number of aryl methyl sites for hydroxylation is 1. The van der Waals surface area contributed by atoms with Crippen LogP contribution in [0.3, 0.4) is 0 Å². The zero-order valence-corrected chi connectivity index (χ0v) is 24.2. The standard InChI is InChI=1S/C30H36ClN3O4S/c1-4-5-18-32-30(36)28(20-24-10-7-6-8-11-24)33(21-25-12-9-13-26(31)19-25)29(35)22-34(39(3,37)38)27-16-14-23(2)15-17-27/h6-17,19,28H,4-5,18,20-22H2,1-3H3,(H,32,36)/t28-/m1/s1. The molecule has 0 heterocycles. The summed E-state index contributed by atoms with van der Waals surface area (Å²) in [6.45, 7) is 4.06. The van der Waals surface area contributed by atoms with Crippen LogP contribution in [0, 0.1) is 6.92 Å². The maximum absolute atomic E-state index is 14.0. The van der Waals surface area contributed by atoms with Gasteiger partial charge in [-0.15, -0.1) is 0 Å². The minimum atomic E-state index is -3.80. The van der Waals surface area contributed by atoms with Gasteiger partial charge >= 0.3 is 0 Å². The van der Waals surface area contributed by atoms with Gasteiger partial charge in [-0.2, -0.15) is 0 Å². The van der Waals surface area contributed by atoms with Crippen molar-refractivity contribution in [3.8, 4) is 0 Å². The first-order valence-electron chi connectivity index (χ1n) is 13.0. The molecule has 1 N–H and O–H groups in total. The summed E-state index contributed by atoms with van der Waals surface area (Å²) in [5.74, 6) is -0.781. The first-order valence-corrected chi connectivity index (χ1v) is 15.2. The van der Waals surface area contributed by atoms with Crippen LogP contribution in [0.15, 0.2) is 78.9 Å². The molecule has 3 aromatic carbocycles. The molecule has 0 radical (unpaired) electrons. The first kappa shape index (κ1) is 30.2. The summed E-state index contributed by atoms with van der Waals surface area (Å²) >= 11 is 6.23. The number of hydrogen-bond acceptors (Lipinski definition) is 4. The highest BCUT2D eigenvalue weighted by molar-refractivity contribution is 7.92. The van der Waals surface area contributed by atoms with E-state index in [1.807, 2.05) is 50.2 Å². The van der Waals surface area contributed by atoms with Gasteiger partial charge in [0.2, 0.25) is 21.8 Å². The molecular weight excluding hydrogens is 534 g/mol. The second-order valence-corrected chi connectivity index (χ2v) is 12.0. The van der Waals surface area contributed by atoms with Gasteiger partial charge in [-0.05, 0) is 48.7 Å². The number of unbranched alkanes of at least 4 members (excludes halogenated alkanes) is 1. The average Bonchev–Trinajstić information content (AvgIpc) is 2.90. The smallest absolute Gasteiger partial charge is 0.244 e. The van der Waals surface area contributed by atoms with E-state index >= 15 is 0 Å². The van der Waals surface area contributed by atoms with Gasteiger partial charge in [0.25, 0.3) is 0 Å². The van der Waals surface area contributed by atoms with E-state index < -0.39 is 28.5 Å². The second-order valence-electron chi connectivity index (χ2n) is 9.61. The van der Waals surface area contributed by atoms with Crippen molar-refractivity contribution in [3.05, 3.63) is 101 Å². The lowest BCUT2D eigenvalue weighted by Crippen LogP contribution is -2.53. The van der Waals surface area contributed by atoms with E-state index in [1.54, 1.807) is 42.5 Å². The number of sulfonamides is 1. The van der Waals surface area contributed by atoms with Crippen LogP contribution >= 0.6 is 11.6 Å². The molecule has 0 unspecified atom stereocenters. The van der Waals surface area contributed by atoms with E-state index in [0.717, 1.165) is 40.1 Å². The maximum atomic E-state index is 14.0. The molecule has 39 heavy (non-hydrogen) atoms. The van der Waals surface area contributed by atoms with Crippen molar-refractivity contribution in [1.29, 1.82) is 0 Å². The molecule has 1 atom stereocenters. The van der Waals surface area contributed by atoms with Crippen LogP contribution in [0.2, 0.25) is 5.02 Å². The molecule has 208 valence electrons. The summed E-state index contributed by atoms with van der Waals surface area (Å²) in [7, 11) is -3.80. The number of hydrogen-bond donors (Lipinski definition) is 1. The number of benzene rings is 3. The van der Waals surface area contributed by atoms with Crippen LogP contribution in [0.4, 0.5) is 5.69 Å². The lowest BCUT2D eigenvalue weighted by atomic mass is 10.0. The van der Waals surface area contributed by atoms with Crippen molar-refractivity contribution in [1.82, 2.24) is 10.2 Å². The number of anilines is 1. The predicted octanol–water partition coefficient (Wildman–Crippen LogP) is 4.97. The third-order valence-electron chi connectivity index (χ3n) is 6.34. The minimum Gasteiger partial charge on any atom is -0.354 e. The topological polar surface area (TPSA) is 86.8 Å². The van der Waals surface area contributed by atoms with E-state index in [9.17, 15) is 18.0 Å². The Morgan fingerprint density at radius 3 is 2.23 bits per heavy atom. The Hall–Kier alpha value is -3.36. The zero-order chi connectivity index (χ0) is 28.4. The molecule has 3 aromatic rings. The zero-order valence-electron chi connectivity index (χ0n) is 22.6. The molecule has 0 saturated carbocycles. The Kier molecular flexibility index (Phi) is 10.9. The molecule has 0 aliphatic heterocycles. The fourth-order valence-electron chi connectivity index (χ4n) is 4.22. The molecular formula is C30H36ClN3O4S. The van der Waals surface area contributed by atoms with Gasteiger partial charge in [0.1, 0.15) is 12.6 Å². The molecule has 0 fully saturated rings. The summed E-state index contributed by atoms with van der Waals surface area (Å²) in [4.78, 5) is 29.0. The van der Waals surface area contributed by atoms with Gasteiger partial charge in [-0.25, -0.2) is 8.42 Å². The van der Waals surface area contributed by atoms with Crippen LogP contribution in [0.25, 0.3) is 0 Å². The van der Waals surface area contributed by atoms with Crippen molar-refractivity contribution in [3.63, 3.8) is 0 Å². The minimum absolute atomic E-state index is 0.0869. The van der Waals surface area contributed by atoms with Gasteiger partial charge in [0, 0.05) is 24.5 Å². The number of rotatable bonds is 13. The normalized spacial score (nSPS) is 12.0. The number of carbonyl (C=O) groups is 2. The van der Waals surface area contributed by atoms with Crippen LogP contribution in [-0.4, -0.2) is 50.5 Å². The Morgan fingerprint density at radius 2 is 1.62 bits per heavy atom. The molecule has 0 aliphatic rings. The maximum Gasteiger partial charge on any atom is 0.244 e. The van der Waals surface area contributed by atoms with Gasteiger partial charge < -0.3 is 10.2 Å². The van der Waals surface area contributed by atoms with Crippen LogP contribution in [0.5, 0.6) is 0 Å². The Morgan fingerprint density at radius 1 is 0.949 bits per heavy atom. The molecule has 0 spiro atoms. The summed E-state index contributed by atoms with van der Waals surface area (Å²) in [5.41, 5.74) is 2.96. The Labute approximate surface area is 236 Å². The Bertz CT molecular complexity index is 1350. The highest BCUT2D eigenvalue weighted by Gasteiger charge is 2.33. The fraction of sp³-hybridized carbons (Fsp3) is 0.333. The number of nitrogens with zero attached hydrogens (tertiary/aromatic N) is 2. The summed E-state index contributed by atoms with van der Waals surface area (Å²) in [5, 5.41) is 3.47. The predicted molar refractivity (Wildman–Crippen MR) is 157 cm³/mol. The monoisotopic (exact) mass is 569 g/mol.